The quantitative estimate of drug-likeness (QED) is 0.929. The highest BCUT2D eigenvalue weighted by Gasteiger charge is 2.46. The monoisotopic (exact) mass is 323 g/mol. The SMILES string of the molecule is O=C(CCc1ccc(Cl)cc1)N1CC[C@H](O)[C@]2(CCCO2)C1. The molecule has 1 amide bonds. The van der Waals surface area contributed by atoms with E-state index in [1.54, 1.807) is 0 Å². The van der Waals surface area contributed by atoms with Gasteiger partial charge in [-0.05, 0) is 43.4 Å². The Bertz CT molecular complexity index is 525. The van der Waals surface area contributed by atoms with E-state index >= 15 is 0 Å². The lowest BCUT2D eigenvalue weighted by Crippen LogP contribution is -2.57. The van der Waals surface area contributed by atoms with Crippen molar-refractivity contribution in [2.45, 2.75) is 43.8 Å². The Balaban J connectivity index is 1.57. The van der Waals surface area contributed by atoms with Crippen molar-refractivity contribution in [3.05, 3.63) is 34.9 Å². The third-order valence-corrected chi connectivity index (χ3v) is 5.02. The molecule has 0 radical (unpaired) electrons. The Labute approximate surface area is 136 Å². The zero-order valence-corrected chi connectivity index (χ0v) is 13.4. The fraction of sp³-hybridized carbons (Fsp3) is 0.588. The number of rotatable bonds is 3. The molecule has 22 heavy (non-hydrogen) atoms. The van der Waals surface area contributed by atoms with E-state index in [2.05, 4.69) is 0 Å². The molecule has 0 unspecified atom stereocenters. The number of amides is 1. The van der Waals surface area contributed by atoms with E-state index in [4.69, 9.17) is 16.3 Å². The molecule has 2 heterocycles. The number of aliphatic hydroxyl groups excluding tert-OH is 1. The molecule has 2 aliphatic rings. The standard InChI is InChI=1S/C17H22ClNO3/c18-14-5-2-13(3-6-14)4-7-16(21)19-10-8-15(20)17(12-19)9-1-11-22-17/h2-3,5-6,15,20H,1,4,7-12H2/t15-,17-/m0/s1. The minimum absolute atomic E-state index is 0.136. The summed E-state index contributed by atoms with van der Waals surface area (Å²) in [6.07, 6.45) is 3.15. The summed E-state index contributed by atoms with van der Waals surface area (Å²) in [6.45, 7) is 1.82. The molecule has 0 saturated carbocycles. The Hall–Kier alpha value is -1.10. The van der Waals surface area contributed by atoms with Crippen molar-refractivity contribution in [3.8, 4) is 0 Å². The summed E-state index contributed by atoms with van der Waals surface area (Å²) in [5.74, 6) is 0.136. The number of nitrogens with zero attached hydrogens (tertiary/aromatic N) is 1. The van der Waals surface area contributed by atoms with Crippen LogP contribution in [0.2, 0.25) is 5.02 Å². The number of hydrogen-bond acceptors (Lipinski definition) is 3. The number of hydrogen-bond donors (Lipinski definition) is 1. The van der Waals surface area contributed by atoms with Gasteiger partial charge in [0.05, 0.1) is 12.6 Å². The number of halogens is 1. The van der Waals surface area contributed by atoms with E-state index in [9.17, 15) is 9.90 Å². The zero-order valence-electron chi connectivity index (χ0n) is 12.6. The van der Waals surface area contributed by atoms with Gasteiger partial charge in [-0.2, -0.15) is 0 Å². The Morgan fingerprint density at radius 2 is 2.18 bits per heavy atom. The summed E-state index contributed by atoms with van der Waals surface area (Å²) in [5, 5.41) is 10.9. The number of carbonyl (C=O) groups excluding carboxylic acids is 1. The first-order chi connectivity index (χ1) is 10.6. The van der Waals surface area contributed by atoms with E-state index in [-0.39, 0.29) is 5.91 Å². The normalized spacial score (nSPS) is 28.3. The van der Waals surface area contributed by atoms with Gasteiger partial charge in [-0.1, -0.05) is 23.7 Å². The van der Waals surface area contributed by atoms with Crippen molar-refractivity contribution in [1.82, 2.24) is 4.90 Å². The first-order valence-corrected chi connectivity index (χ1v) is 8.31. The van der Waals surface area contributed by atoms with Crippen LogP contribution in [0.25, 0.3) is 0 Å². The van der Waals surface area contributed by atoms with Gasteiger partial charge < -0.3 is 14.7 Å². The predicted octanol–water partition coefficient (Wildman–Crippen LogP) is 2.42. The third-order valence-electron chi connectivity index (χ3n) is 4.77. The molecule has 5 heteroatoms. The van der Waals surface area contributed by atoms with Gasteiger partial charge in [-0.15, -0.1) is 0 Å². The van der Waals surface area contributed by atoms with Crippen LogP contribution < -0.4 is 0 Å². The van der Waals surface area contributed by atoms with Gasteiger partial charge >= 0.3 is 0 Å². The summed E-state index contributed by atoms with van der Waals surface area (Å²) in [6, 6.07) is 7.61. The van der Waals surface area contributed by atoms with Gasteiger partial charge in [-0.3, -0.25) is 4.79 Å². The van der Waals surface area contributed by atoms with Crippen LogP contribution in [0.1, 0.15) is 31.2 Å². The second-order valence-electron chi connectivity index (χ2n) is 6.26. The predicted molar refractivity (Wildman–Crippen MR) is 84.9 cm³/mol. The number of carbonyl (C=O) groups is 1. The van der Waals surface area contributed by atoms with Gasteiger partial charge in [-0.25, -0.2) is 0 Å². The minimum atomic E-state index is -0.520. The summed E-state index contributed by atoms with van der Waals surface area (Å²) < 4.78 is 5.79. The van der Waals surface area contributed by atoms with Crippen LogP contribution in [-0.4, -0.2) is 47.3 Å². The van der Waals surface area contributed by atoms with Crippen molar-refractivity contribution in [3.63, 3.8) is 0 Å². The maximum atomic E-state index is 12.4. The minimum Gasteiger partial charge on any atom is -0.390 e. The highest BCUT2D eigenvalue weighted by Crippen LogP contribution is 2.35. The number of aryl methyl sites for hydroxylation is 1. The molecule has 2 saturated heterocycles. The molecule has 3 rings (SSSR count). The molecule has 1 N–H and O–H groups in total. The Morgan fingerprint density at radius 1 is 1.41 bits per heavy atom. The van der Waals surface area contributed by atoms with Crippen molar-refractivity contribution in [2.24, 2.45) is 0 Å². The van der Waals surface area contributed by atoms with Gasteiger partial charge in [0.15, 0.2) is 0 Å². The summed E-state index contributed by atoms with van der Waals surface area (Å²) in [4.78, 5) is 14.3. The topological polar surface area (TPSA) is 49.8 Å². The highest BCUT2D eigenvalue weighted by atomic mass is 35.5. The molecule has 0 aliphatic carbocycles. The lowest BCUT2D eigenvalue weighted by atomic mass is 9.87. The Kier molecular flexibility index (Phi) is 4.71. The van der Waals surface area contributed by atoms with Gasteiger partial charge in [0.2, 0.25) is 5.91 Å². The van der Waals surface area contributed by atoms with Crippen LogP contribution in [0, 0.1) is 0 Å². The number of benzene rings is 1. The average Bonchev–Trinajstić information content (AvgIpc) is 2.99. The molecule has 0 bridgehead atoms. The fourth-order valence-corrected chi connectivity index (χ4v) is 3.55. The van der Waals surface area contributed by atoms with E-state index in [0.29, 0.717) is 44.0 Å². The van der Waals surface area contributed by atoms with Crippen LogP contribution in [-0.2, 0) is 16.0 Å². The molecular weight excluding hydrogens is 302 g/mol. The van der Waals surface area contributed by atoms with E-state index in [1.807, 2.05) is 29.2 Å². The van der Waals surface area contributed by atoms with Gasteiger partial charge in [0.25, 0.3) is 0 Å². The lowest BCUT2D eigenvalue weighted by molar-refractivity contribution is -0.154. The average molecular weight is 324 g/mol. The number of ether oxygens (including phenoxy) is 1. The van der Waals surface area contributed by atoms with Gasteiger partial charge in [0, 0.05) is 24.6 Å². The summed E-state index contributed by atoms with van der Waals surface area (Å²) >= 11 is 5.87. The lowest BCUT2D eigenvalue weighted by Gasteiger charge is -2.43. The van der Waals surface area contributed by atoms with Crippen LogP contribution in [0.15, 0.2) is 24.3 Å². The maximum Gasteiger partial charge on any atom is 0.223 e. The van der Waals surface area contributed by atoms with Crippen molar-refractivity contribution in [2.75, 3.05) is 19.7 Å². The van der Waals surface area contributed by atoms with Crippen LogP contribution in [0.4, 0.5) is 0 Å². The number of piperidine rings is 1. The maximum absolute atomic E-state index is 12.4. The zero-order chi connectivity index (χ0) is 15.6. The van der Waals surface area contributed by atoms with Crippen molar-refractivity contribution < 1.29 is 14.6 Å². The molecular formula is C17H22ClNO3. The summed E-state index contributed by atoms with van der Waals surface area (Å²) in [5.41, 5.74) is 0.593. The second kappa shape index (κ2) is 6.57. The van der Waals surface area contributed by atoms with Crippen molar-refractivity contribution >= 4 is 17.5 Å². The Morgan fingerprint density at radius 3 is 2.86 bits per heavy atom. The number of likely N-dealkylation sites (tertiary alicyclic amines) is 1. The van der Waals surface area contributed by atoms with E-state index in [1.165, 1.54) is 0 Å². The summed E-state index contributed by atoms with van der Waals surface area (Å²) in [7, 11) is 0. The highest BCUT2D eigenvalue weighted by molar-refractivity contribution is 6.30. The molecule has 4 nitrogen and oxygen atoms in total. The molecule has 1 spiro atoms. The van der Waals surface area contributed by atoms with Crippen LogP contribution in [0.3, 0.4) is 0 Å². The van der Waals surface area contributed by atoms with E-state index in [0.717, 1.165) is 18.4 Å². The van der Waals surface area contributed by atoms with E-state index < -0.39 is 11.7 Å². The van der Waals surface area contributed by atoms with Crippen molar-refractivity contribution in [1.29, 1.82) is 0 Å². The molecule has 2 fully saturated rings. The molecule has 120 valence electrons. The van der Waals surface area contributed by atoms with Crippen LogP contribution in [0.5, 0.6) is 0 Å². The molecule has 0 aromatic heterocycles. The first kappa shape index (κ1) is 15.8. The second-order valence-corrected chi connectivity index (χ2v) is 6.70. The molecule has 1 aromatic carbocycles. The third kappa shape index (κ3) is 3.29. The first-order valence-electron chi connectivity index (χ1n) is 7.93. The van der Waals surface area contributed by atoms with Crippen LogP contribution >= 0.6 is 11.6 Å². The molecule has 2 aliphatic heterocycles. The fourth-order valence-electron chi connectivity index (χ4n) is 3.43. The van der Waals surface area contributed by atoms with Gasteiger partial charge in [0.1, 0.15) is 5.60 Å². The number of aliphatic hydroxyl groups is 1. The molecule has 2 atom stereocenters. The largest absolute Gasteiger partial charge is 0.390 e. The molecule has 1 aromatic rings. The smallest absolute Gasteiger partial charge is 0.223 e.